The molecule has 0 bridgehead atoms. The molecule has 0 radical (unpaired) electrons. The molecule has 0 atom stereocenters. The number of aliphatic carboxylic acids is 1. The summed E-state index contributed by atoms with van der Waals surface area (Å²) < 4.78 is 26.4. The van der Waals surface area contributed by atoms with Crippen LogP contribution in [-0.2, 0) is 11.2 Å². The maximum absolute atomic E-state index is 13.2. The number of carboxylic acid groups (broad SMARTS) is 1. The monoisotopic (exact) mass is 294 g/mol. The van der Waals surface area contributed by atoms with Gasteiger partial charge in [0.05, 0.1) is 16.4 Å². The van der Waals surface area contributed by atoms with Gasteiger partial charge in [-0.3, -0.25) is 4.79 Å². The van der Waals surface area contributed by atoms with Crippen LogP contribution in [-0.4, -0.2) is 21.0 Å². The Morgan fingerprint density at radius 3 is 2.57 bits per heavy atom. The van der Waals surface area contributed by atoms with Crippen LogP contribution in [0.15, 0.2) is 12.1 Å². The highest BCUT2D eigenvalue weighted by Crippen LogP contribution is 2.39. The number of imidazole rings is 1. The number of nitrogens with zero attached hydrogens (tertiary/aromatic N) is 1. The molecule has 1 fully saturated rings. The maximum atomic E-state index is 13.2. The van der Waals surface area contributed by atoms with Gasteiger partial charge in [0.25, 0.3) is 0 Å². The fourth-order valence-electron chi connectivity index (χ4n) is 3.16. The van der Waals surface area contributed by atoms with Crippen LogP contribution in [0.5, 0.6) is 0 Å². The molecular weight excluding hydrogens is 278 g/mol. The normalized spacial score (nSPS) is 18.0. The molecule has 21 heavy (non-hydrogen) atoms. The first-order valence-electron chi connectivity index (χ1n) is 7.07. The number of aromatic amines is 1. The van der Waals surface area contributed by atoms with Crippen molar-refractivity contribution in [2.75, 3.05) is 0 Å². The van der Waals surface area contributed by atoms with Crippen LogP contribution in [0, 0.1) is 17.0 Å². The molecule has 0 amide bonds. The summed E-state index contributed by atoms with van der Waals surface area (Å²) in [6, 6.07) is 2.08. The smallest absolute Gasteiger partial charge is 0.310 e. The second kappa shape index (κ2) is 5.09. The fourth-order valence-corrected chi connectivity index (χ4v) is 3.16. The van der Waals surface area contributed by atoms with Crippen molar-refractivity contribution in [3.8, 4) is 0 Å². The molecule has 6 heteroatoms. The van der Waals surface area contributed by atoms with Crippen molar-refractivity contribution in [2.24, 2.45) is 5.41 Å². The van der Waals surface area contributed by atoms with Crippen molar-refractivity contribution in [2.45, 2.75) is 38.5 Å². The Kier molecular flexibility index (Phi) is 3.39. The number of nitrogens with one attached hydrogen (secondary N) is 1. The Bertz CT molecular complexity index is 651. The van der Waals surface area contributed by atoms with Gasteiger partial charge in [-0.2, -0.15) is 0 Å². The predicted molar refractivity (Wildman–Crippen MR) is 72.9 cm³/mol. The number of carboxylic acids is 1. The molecule has 2 aromatic rings. The zero-order chi connectivity index (χ0) is 15.0. The highest BCUT2D eigenvalue weighted by molar-refractivity contribution is 5.77. The van der Waals surface area contributed by atoms with E-state index in [-0.39, 0.29) is 6.42 Å². The van der Waals surface area contributed by atoms with Crippen LogP contribution >= 0.6 is 0 Å². The molecule has 112 valence electrons. The molecule has 1 aliphatic carbocycles. The Morgan fingerprint density at radius 1 is 1.24 bits per heavy atom. The second-order valence-corrected chi connectivity index (χ2v) is 5.79. The molecule has 1 aromatic carbocycles. The summed E-state index contributed by atoms with van der Waals surface area (Å²) in [5.74, 6) is -2.24. The van der Waals surface area contributed by atoms with Crippen LogP contribution in [0.2, 0.25) is 0 Å². The first kappa shape index (κ1) is 14.0. The summed E-state index contributed by atoms with van der Waals surface area (Å²) >= 11 is 0. The molecular formula is C15H16F2N2O2. The summed E-state index contributed by atoms with van der Waals surface area (Å²) in [5, 5.41) is 9.55. The lowest BCUT2D eigenvalue weighted by Gasteiger charge is -2.32. The number of fused-ring (bicyclic) bond motifs is 1. The first-order chi connectivity index (χ1) is 10.00. The first-order valence-corrected chi connectivity index (χ1v) is 7.07. The summed E-state index contributed by atoms with van der Waals surface area (Å²) in [6.07, 6.45) is 4.31. The van der Waals surface area contributed by atoms with Crippen molar-refractivity contribution in [3.63, 3.8) is 0 Å². The minimum atomic E-state index is -0.953. The number of carbonyl (C=O) groups is 1. The van der Waals surface area contributed by atoms with Gasteiger partial charge in [0.2, 0.25) is 0 Å². The van der Waals surface area contributed by atoms with Crippen LogP contribution < -0.4 is 0 Å². The average Bonchev–Trinajstić information content (AvgIpc) is 2.81. The molecule has 2 N–H and O–H groups in total. The zero-order valence-electron chi connectivity index (χ0n) is 11.5. The number of halogens is 2. The van der Waals surface area contributed by atoms with E-state index in [1.54, 1.807) is 0 Å². The summed E-state index contributed by atoms with van der Waals surface area (Å²) in [6.45, 7) is 0. The van der Waals surface area contributed by atoms with Crippen molar-refractivity contribution in [3.05, 3.63) is 29.6 Å². The van der Waals surface area contributed by atoms with Gasteiger partial charge in [-0.15, -0.1) is 0 Å². The SMILES string of the molecule is O=C(O)C1(Cc2nc3cc(F)c(F)cc3[nH]2)CCCCC1. The number of rotatable bonds is 3. The predicted octanol–water partition coefficient (Wildman–Crippen LogP) is 3.42. The van der Waals surface area contributed by atoms with E-state index in [0.29, 0.717) is 29.7 Å². The third-order valence-corrected chi connectivity index (χ3v) is 4.34. The van der Waals surface area contributed by atoms with Crippen LogP contribution in [0.1, 0.15) is 37.9 Å². The summed E-state index contributed by atoms with van der Waals surface area (Å²) in [7, 11) is 0. The van der Waals surface area contributed by atoms with Crippen molar-refractivity contribution in [1.82, 2.24) is 9.97 Å². The molecule has 1 aliphatic rings. The van der Waals surface area contributed by atoms with E-state index in [2.05, 4.69) is 9.97 Å². The van der Waals surface area contributed by atoms with Crippen molar-refractivity contribution in [1.29, 1.82) is 0 Å². The van der Waals surface area contributed by atoms with E-state index >= 15 is 0 Å². The van der Waals surface area contributed by atoms with Crippen LogP contribution in [0.4, 0.5) is 8.78 Å². The molecule has 0 aliphatic heterocycles. The standard InChI is InChI=1S/C15H16F2N2O2/c16-9-6-11-12(7-10(9)17)19-13(18-11)8-15(14(20)21)4-2-1-3-5-15/h6-7H,1-5,8H2,(H,18,19)(H,20,21). The Balaban J connectivity index is 1.94. The molecule has 1 saturated carbocycles. The number of hydrogen-bond acceptors (Lipinski definition) is 2. The zero-order valence-corrected chi connectivity index (χ0v) is 11.5. The quantitative estimate of drug-likeness (QED) is 0.911. The third kappa shape index (κ3) is 2.50. The number of hydrogen-bond donors (Lipinski definition) is 2. The van der Waals surface area contributed by atoms with Gasteiger partial charge >= 0.3 is 5.97 Å². The highest BCUT2D eigenvalue weighted by atomic mass is 19.2. The Labute approximate surface area is 120 Å². The van der Waals surface area contributed by atoms with E-state index in [4.69, 9.17) is 0 Å². The summed E-state index contributed by atoms with van der Waals surface area (Å²) in [5.41, 5.74) is -0.107. The number of benzene rings is 1. The van der Waals surface area contributed by atoms with Gasteiger partial charge in [0, 0.05) is 18.6 Å². The molecule has 3 rings (SSSR count). The highest BCUT2D eigenvalue weighted by Gasteiger charge is 2.40. The van der Waals surface area contributed by atoms with Crippen LogP contribution in [0.3, 0.4) is 0 Å². The van der Waals surface area contributed by atoms with E-state index in [9.17, 15) is 18.7 Å². The van der Waals surface area contributed by atoms with Crippen molar-refractivity contribution >= 4 is 17.0 Å². The van der Waals surface area contributed by atoms with E-state index in [1.165, 1.54) is 0 Å². The van der Waals surface area contributed by atoms with Gasteiger partial charge in [-0.1, -0.05) is 19.3 Å². The van der Waals surface area contributed by atoms with E-state index in [0.717, 1.165) is 31.4 Å². The van der Waals surface area contributed by atoms with E-state index in [1.807, 2.05) is 0 Å². The van der Waals surface area contributed by atoms with Gasteiger partial charge in [-0.25, -0.2) is 13.8 Å². The van der Waals surface area contributed by atoms with Gasteiger partial charge in [0.1, 0.15) is 5.82 Å². The van der Waals surface area contributed by atoms with Crippen molar-refractivity contribution < 1.29 is 18.7 Å². The lowest BCUT2D eigenvalue weighted by atomic mass is 9.72. The van der Waals surface area contributed by atoms with Gasteiger partial charge < -0.3 is 10.1 Å². The van der Waals surface area contributed by atoms with E-state index < -0.39 is 23.0 Å². The number of aromatic nitrogens is 2. The Morgan fingerprint density at radius 2 is 1.90 bits per heavy atom. The second-order valence-electron chi connectivity index (χ2n) is 5.79. The topological polar surface area (TPSA) is 66.0 Å². The van der Waals surface area contributed by atoms with Gasteiger partial charge in [-0.05, 0) is 12.8 Å². The number of H-pyrrole nitrogens is 1. The molecule has 1 aromatic heterocycles. The minimum Gasteiger partial charge on any atom is -0.481 e. The lowest BCUT2D eigenvalue weighted by molar-refractivity contribution is -0.151. The molecule has 0 unspecified atom stereocenters. The largest absolute Gasteiger partial charge is 0.481 e. The minimum absolute atomic E-state index is 0.264. The molecule has 4 nitrogen and oxygen atoms in total. The fraction of sp³-hybridized carbons (Fsp3) is 0.467. The van der Waals surface area contributed by atoms with Gasteiger partial charge in [0.15, 0.2) is 11.6 Å². The average molecular weight is 294 g/mol. The van der Waals surface area contributed by atoms with Crippen LogP contribution in [0.25, 0.3) is 11.0 Å². The maximum Gasteiger partial charge on any atom is 0.310 e. The molecule has 0 saturated heterocycles. The third-order valence-electron chi connectivity index (χ3n) is 4.34. The molecule has 1 heterocycles. The lowest BCUT2D eigenvalue weighted by Crippen LogP contribution is -2.35. The molecule has 0 spiro atoms. The summed E-state index contributed by atoms with van der Waals surface area (Å²) in [4.78, 5) is 18.8. The Hall–Kier alpha value is -1.98.